The first kappa shape index (κ1) is 20.7. The third-order valence-corrected chi connectivity index (χ3v) is 5.53. The highest BCUT2D eigenvalue weighted by Gasteiger charge is 2.17. The highest BCUT2D eigenvalue weighted by atomic mass is 16.1. The normalized spacial score (nSPS) is 14.6. The van der Waals surface area contributed by atoms with Crippen molar-refractivity contribution in [3.63, 3.8) is 0 Å². The highest BCUT2D eigenvalue weighted by molar-refractivity contribution is 5.94. The van der Waals surface area contributed by atoms with Crippen LogP contribution < -0.4 is 10.6 Å². The smallest absolute Gasteiger partial charge is 0.251 e. The maximum Gasteiger partial charge on any atom is 0.251 e. The van der Waals surface area contributed by atoms with Crippen LogP contribution >= 0.6 is 0 Å². The number of likely N-dealkylation sites (tertiary alicyclic amines) is 1. The number of amides is 1. The third kappa shape index (κ3) is 5.29. The first-order valence-electron chi connectivity index (χ1n) is 10.2. The van der Waals surface area contributed by atoms with Gasteiger partial charge in [-0.3, -0.25) is 4.79 Å². The molecule has 4 nitrogen and oxygen atoms in total. The summed E-state index contributed by atoms with van der Waals surface area (Å²) in [7, 11) is 0. The van der Waals surface area contributed by atoms with Crippen LogP contribution in [0.5, 0.6) is 0 Å². The molecule has 0 aliphatic carbocycles. The standard InChI is InChI=1S/C25H31N3O/c1-17-8-12-24(13-9-17)26-20(4)21(5)27-25(29)22-10-11-23(18(2)15-22)16-28-14-6-7-19(28)3/h8-13,15,21,26H,3-4,6-7,14,16H2,1-2,5H3,(H,27,29)/t21-/m0/s1. The van der Waals surface area contributed by atoms with Gasteiger partial charge in [-0.2, -0.15) is 0 Å². The number of carbonyl (C=O) groups is 1. The van der Waals surface area contributed by atoms with E-state index in [0.717, 1.165) is 36.5 Å². The molecule has 4 heteroatoms. The predicted octanol–water partition coefficient (Wildman–Crippen LogP) is 5.16. The topological polar surface area (TPSA) is 44.4 Å². The fourth-order valence-electron chi connectivity index (χ4n) is 3.50. The number of aryl methyl sites for hydroxylation is 2. The molecule has 1 aliphatic heterocycles. The molecule has 0 bridgehead atoms. The average Bonchev–Trinajstić information content (AvgIpc) is 3.09. The lowest BCUT2D eigenvalue weighted by Crippen LogP contribution is -2.35. The minimum absolute atomic E-state index is 0.0930. The molecule has 2 N–H and O–H groups in total. The zero-order valence-electron chi connectivity index (χ0n) is 17.7. The Kier molecular flexibility index (Phi) is 6.42. The molecule has 0 aromatic heterocycles. The molecule has 0 unspecified atom stereocenters. The van der Waals surface area contributed by atoms with Gasteiger partial charge < -0.3 is 15.5 Å². The molecule has 2 aromatic rings. The molecule has 1 atom stereocenters. The van der Waals surface area contributed by atoms with E-state index in [4.69, 9.17) is 0 Å². The van der Waals surface area contributed by atoms with Crippen LogP contribution in [-0.2, 0) is 6.54 Å². The summed E-state index contributed by atoms with van der Waals surface area (Å²) in [6.45, 7) is 16.2. The largest absolute Gasteiger partial charge is 0.371 e. The van der Waals surface area contributed by atoms with Gasteiger partial charge in [-0.1, -0.05) is 36.9 Å². The van der Waals surface area contributed by atoms with Gasteiger partial charge in [0.05, 0.1) is 6.04 Å². The Bertz CT molecular complexity index is 914. The van der Waals surface area contributed by atoms with Gasteiger partial charge in [0.25, 0.3) is 5.91 Å². The van der Waals surface area contributed by atoms with Crippen LogP contribution in [0.4, 0.5) is 5.69 Å². The maximum absolute atomic E-state index is 12.7. The number of anilines is 1. The van der Waals surface area contributed by atoms with E-state index in [-0.39, 0.29) is 11.9 Å². The van der Waals surface area contributed by atoms with Gasteiger partial charge in [0.1, 0.15) is 0 Å². The van der Waals surface area contributed by atoms with Crippen LogP contribution in [0.15, 0.2) is 67.0 Å². The fourth-order valence-corrected chi connectivity index (χ4v) is 3.50. The monoisotopic (exact) mass is 389 g/mol. The number of hydrogen-bond acceptors (Lipinski definition) is 3. The molecule has 0 spiro atoms. The molecule has 0 saturated carbocycles. The Morgan fingerprint density at radius 1 is 1.17 bits per heavy atom. The van der Waals surface area contributed by atoms with Crippen molar-refractivity contribution in [3.8, 4) is 0 Å². The molecule has 0 radical (unpaired) electrons. The number of rotatable bonds is 7. The summed E-state index contributed by atoms with van der Waals surface area (Å²) in [5.41, 5.74) is 7.16. The second-order valence-electron chi connectivity index (χ2n) is 7.94. The lowest BCUT2D eigenvalue weighted by molar-refractivity contribution is 0.0945. The molecule has 1 amide bonds. The van der Waals surface area contributed by atoms with Crippen molar-refractivity contribution >= 4 is 11.6 Å². The minimum Gasteiger partial charge on any atom is -0.371 e. The van der Waals surface area contributed by atoms with Crippen molar-refractivity contribution in [1.29, 1.82) is 0 Å². The maximum atomic E-state index is 12.7. The van der Waals surface area contributed by atoms with E-state index >= 15 is 0 Å². The summed E-state index contributed by atoms with van der Waals surface area (Å²) in [5.74, 6) is -0.0930. The van der Waals surface area contributed by atoms with Gasteiger partial charge in [0.2, 0.25) is 0 Å². The fraction of sp³-hybridized carbons (Fsp3) is 0.320. The molecular weight excluding hydrogens is 358 g/mol. The van der Waals surface area contributed by atoms with E-state index in [1.165, 1.54) is 23.2 Å². The summed E-state index contributed by atoms with van der Waals surface area (Å²) in [6, 6.07) is 13.8. The van der Waals surface area contributed by atoms with Crippen molar-refractivity contribution < 1.29 is 4.79 Å². The first-order chi connectivity index (χ1) is 13.8. The van der Waals surface area contributed by atoms with Crippen molar-refractivity contribution in [2.24, 2.45) is 0 Å². The van der Waals surface area contributed by atoms with Crippen molar-refractivity contribution in [2.75, 3.05) is 11.9 Å². The van der Waals surface area contributed by atoms with E-state index in [0.29, 0.717) is 5.56 Å². The average molecular weight is 390 g/mol. The molecule has 2 aromatic carbocycles. The van der Waals surface area contributed by atoms with Crippen LogP contribution in [-0.4, -0.2) is 23.4 Å². The van der Waals surface area contributed by atoms with Gasteiger partial charge in [0.15, 0.2) is 0 Å². The molecule has 1 heterocycles. The van der Waals surface area contributed by atoms with Crippen LogP contribution in [0.2, 0.25) is 0 Å². The first-order valence-corrected chi connectivity index (χ1v) is 10.2. The van der Waals surface area contributed by atoms with E-state index < -0.39 is 0 Å². The minimum atomic E-state index is -0.197. The Hall–Kier alpha value is -3.01. The SMILES string of the molecule is C=C(Nc1ccc(C)cc1)[C@H](C)NC(=O)c1ccc(CN2CCCC2=C)c(C)c1. The van der Waals surface area contributed by atoms with Gasteiger partial charge >= 0.3 is 0 Å². The molecule has 1 aliphatic rings. The number of benzene rings is 2. The summed E-state index contributed by atoms with van der Waals surface area (Å²) < 4.78 is 0. The van der Waals surface area contributed by atoms with Gasteiger partial charge in [-0.15, -0.1) is 0 Å². The third-order valence-electron chi connectivity index (χ3n) is 5.53. The second-order valence-corrected chi connectivity index (χ2v) is 7.94. The molecule has 152 valence electrons. The summed E-state index contributed by atoms with van der Waals surface area (Å²) in [6.07, 6.45) is 2.26. The van der Waals surface area contributed by atoms with Crippen LogP contribution in [0.3, 0.4) is 0 Å². The van der Waals surface area contributed by atoms with Crippen molar-refractivity contribution in [2.45, 2.75) is 46.2 Å². The zero-order chi connectivity index (χ0) is 21.0. The van der Waals surface area contributed by atoms with Crippen LogP contribution in [0, 0.1) is 13.8 Å². The number of allylic oxidation sites excluding steroid dienone is 1. The second kappa shape index (κ2) is 8.99. The quantitative estimate of drug-likeness (QED) is 0.688. The van der Waals surface area contributed by atoms with E-state index in [1.807, 2.05) is 43.3 Å². The zero-order valence-corrected chi connectivity index (χ0v) is 17.7. The van der Waals surface area contributed by atoms with E-state index in [9.17, 15) is 4.79 Å². The van der Waals surface area contributed by atoms with Crippen LogP contribution in [0.25, 0.3) is 0 Å². The molecule has 1 fully saturated rings. The van der Waals surface area contributed by atoms with Gasteiger partial charge in [-0.25, -0.2) is 0 Å². The lowest BCUT2D eigenvalue weighted by atomic mass is 10.0. The van der Waals surface area contributed by atoms with E-state index in [1.54, 1.807) is 0 Å². The number of nitrogens with one attached hydrogen (secondary N) is 2. The summed E-state index contributed by atoms with van der Waals surface area (Å²) in [4.78, 5) is 15.0. The van der Waals surface area contributed by atoms with Gasteiger partial charge in [0, 0.05) is 35.7 Å². The van der Waals surface area contributed by atoms with Crippen molar-refractivity contribution in [3.05, 3.63) is 89.3 Å². The predicted molar refractivity (Wildman–Crippen MR) is 121 cm³/mol. The Labute approximate surface area is 174 Å². The molecule has 1 saturated heterocycles. The summed E-state index contributed by atoms with van der Waals surface area (Å²) in [5, 5.41) is 6.30. The Morgan fingerprint density at radius 3 is 2.52 bits per heavy atom. The number of nitrogens with zero attached hydrogens (tertiary/aromatic N) is 1. The Balaban J connectivity index is 1.59. The molecule has 3 rings (SSSR count). The van der Waals surface area contributed by atoms with Crippen molar-refractivity contribution in [1.82, 2.24) is 10.2 Å². The van der Waals surface area contributed by atoms with Gasteiger partial charge in [-0.05, 0) is 69.0 Å². The molecule has 29 heavy (non-hydrogen) atoms. The van der Waals surface area contributed by atoms with Crippen LogP contribution in [0.1, 0.15) is 46.8 Å². The van der Waals surface area contributed by atoms with E-state index in [2.05, 4.69) is 48.6 Å². The lowest BCUT2D eigenvalue weighted by Gasteiger charge is -2.21. The number of carbonyl (C=O) groups excluding carboxylic acids is 1. The summed E-state index contributed by atoms with van der Waals surface area (Å²) >= 11 is 0. The Morgan fingerprint density at radius 2 is 1.90 bits per heavy atom. The number of hydrogen-bond donors (Lipinski definition) is 2. The molecular formula is C25H31N3O. The highest BCUT2D eigenvalue weighted by Crippen LogP contribution is 2.23.